The summed E-state index contributed by atoms with van der Waals surface area (Å²) in [6.45, 7) is 2.50. The van der Waals surface area contributed by atoms with Crippen molar-refractivity contribution in [2.75, 3.05) is 10.6 Å². The number of benzene rings is 1. The van der Waals surface area contributed by atoms with Crippen molar-refractivity contribution >= 4 is 17.3 Å². The van der Waals surface area contributed by atoms with E-state index in [2.05, 4.69) is 5.10 Å². The Balaban J connectivity index is 1.94. The van der Waals surface area contributed by atoms with Gasteiger partial charge < -0.3 is 10.6 Å². The van der Waals surface area contributed by atoms with E-state index < -0.39 is 0 Å². The quantitative estimate of drug-likeness (QED) is 0.826. The zero-order chi connectivity index (χ0) is 13.6. The normalized spacial score (nSPS) is 14.0. The highest BCUT2D eigenvalue weighted by atomic mass is 16.2. The Morgan fingerprint density at radius 2 is 2.16 bits per heavy atom. The minimum atomic E-state index is 0.111. The first kappa shape index (κ1) is 11.8. The number of aromatic nitrogens is 2. The van der Waals surface area contributed by atoms with E-state index in [1.165, 1.54) is 0 Å². The summed E-state index contributed by atoms with van der Waals surface area (Å²) in [6.07, 6.45) is 0.428. The van der Waals surface area contributed by atoms with E-state index in [-0.39, 0.29) is 5.91 Å². The molecule has 98 valence electrons. The minimum absolute atomic E-state index is 0.111. The Morgan fingerprint density at radius 1 is 1.37 bits per heavy atom. The van der Waals surface area contributed by atoms with Gasteiger partial charge in [0.05, 0.1) is 24.4 Å². The molecular weight excluding hydrogens is 240 g/mol. The minimum Gasteiger partial charge on any atom is -0.399 e. The Bertz CT molecular complexity index is 659. The van der Waals surface area contributed by atoms with Crippen LogP contribution >= 0.6 is 0 Å². The maximum atomic E-state index is 12.1. The van der Waals surface area contributed by atoms with Crippen LogP contribution in [-0.4, -0.2) is 15.7 Å². The van der Waals surface area contributed by atoms with E-state index >= 15 is 0 Å². The van der Waals surface area contributed by atoms with Crippen LogP contribution in [0.2, 0.25) is 0 Å². The number of nitrogen functional groups attached to an aromatic ring is 1. The molecule has 1 aromatic carbocycles. The number of hydrogen-bond acceptors (Lipinski definition) is 3. The van der Waals surface area contributed by atoms with Gasteiger partial charge in [0.1, 0.15) is 0 Å². The monoisotopic (exact) mass is 256 g/mol. The molecule has 0 saturated carbocycles. The molecule has 0 spiro atoms. The van der Waals surface area contributed by atoms with Gasteiger partial charge in [-0.05, 0) is 36.8 Å². The van der Waals surface area contributed by atoms with Crippen LogP contribution < -0.4 is 10.6 Å². The van der Waals surface area contributed by atoms with E-state index in [4.69, 9.17) is 5.73 Å². The first-order valence-corrected chi connectivity index (χ1v) is 6.23. The molecular formula is C14H16N4O. The van der Waals surface area contributed by atoms with E-state index in [0.29, 0.717) is 18.7 Å². The van der Waals surface area contributed by atoms with E-state index in [9.17, 15) is 4.79 Å². The molecule has 2 aromatic rings. The Kier molecular flexibility index (Phi) is 2.55. The van der Waals surface area contributed by atoms with Crippen molar-refractivity contribution in [1.82, 2.24) is 9.78 Å². The average Bonchev–Trinajstić information content (AvgIpc) is 2.80. The van der Waals surface area contributed by atoms with Gasteiger partial charge in [-0.1, -0.05) is 0 Å². The lowest BCUT2D eigenvalue weighted by atomic mass is 10.1. The number of aryl methyl sites for hydroxylation is 2. The average molecular weight is 256 g/mol. The lowest BCUT2D eigenvalue weighted by Gasteiger charge is -2.17. The third-order valence-corrected chi connectivity index (χ3v) is 3.46. The second kappa shape index (κ2) is 4.12. The molecule has 2 heterocycles. The Labute approximate surface area is 111 Å². The Hall–Kier alpha value is -2.30. The number of nitrogens with two attached hydrogens (primary N) is 1. The van der Waals surface area contributed by atoms with Crippen molar-refractivity contribution in [2.24, 2.45) is 7.05 Å². The zero-order valence-corrected chi connectivity index (χ0v) is 11.1. The largest absolute Gasteiger partial charge is 0.399 e. The maximum absolute atomic E-state index is 12.1. The van der Waals surface area contributed by atoms with Crippen LogP contribution in [0.1, 0.15) is 17.0 Å². The highest BCUT2D eigenvalue weighted by Crippen LogP contribution is 2.31. The molecule has 1 aliphatic heterocycles. The first-order chi connectivity index (χ1) is 9.04. The lowest BCUT2D eigenvalue weighted by Crippen LogP contribution is -2.27. The van der Waals surface area contributed by atoms with Gasteiger partial charge in [-0.2, -0.15) is 5.10 Å². The molecule has 19 heavy (non-hydrogen) atoms. The molecule has 0 bridgehead atoms. The van der Waals surface area contributed by atoms with Crippen molar-refractivity contribution < 1.29 is 4.79 Å². The second-order valence-electron chi connectivity index (χ2n) is 4.95. The third-order valence-electron chi connectivity index (χ3n) is 3.46. The van der Waals surface area contributed by atoms with Gasteiger partial charge in [0.2, 0.25) is 5.91 Å². The molecule has 1 aromatic heterocycles. The summed E-state index contributed by atoms with van der Waals surface area (Å²) in [6, 6.07) is 7.63. The third kappa shape index (κ3) is 1.97. The number of rotatable bonds is 2. The van der Waals surface area contributed by atoms with Gasteiger partial charge in [-0.15, -0.1) is 0 Å². The van der Waals surface area contributed by atoms with Gasteiger partial charge in [-0.25, -0.2) is 0 Å². The molecule has 5 nitrogen and oxygen atoms in total. The standard InChI is InChI=1S/C14H16N4O/c1-9-5-12(17(2)16-9)8-18-13-4-3-11(15)6-10(13)7-14(18)19/h3-6H,7-8,15H2,1-2H3. The molecule has 0 fully saturated rings. The number of amides is 1. The van der Waals surface area contributed by atoms with Gasteiger partial charge in [0, 0.05) is 18.4 Å². The summed E-state index contributed by atoms with van der Waals surface area (Å²) in [5.74, 6) is 0.111. The number of carbonyl (C=O) groups is 1. The van der Waals surface area contributed by atoms with Crippen molar-refractivity contribution in [3.8, 4) is 0 Å². The smallest absolute Gasteiger partial charge is 0.231 e. The Morgan fingerprint density at radius 3 is 2.84 bits per heavy atom. The number of hydrogen-bond donors (Lipinski definition) is 1. The van der Waals surface area contributed by atoms with Crippen molar-refractivity contribution in [3.05, 3.63) is 41.2 Å². The molecule has 5 heteroatoms. The number of fused-ring (bicyclic) bond motifs is 1. The maximum Gasteiger partial charge on any atom is 0.231 e. The van der Waals surface area contributed by atoms with E-state index in [0.717, 1.165) is 22.6 Å². The zero-order valence-electron chi connectivity index (χ0n) is 11.1. The topological polar surface area (TPSA) is 64.2 Å². The fraction of sp³-hybridized carbons (Fsp3) is 0.286. The molecule has 0 atom stereocenters. The first-order valence-electron chi connectivity index (χ1n) is 6.23. The summed E-state index contributed by atoms with van der Waals surface area (Å²) < 4.78 is 1.82. The van der Waals surface area contributed by atoms with E-state index in [1.807, 2.05) is 42.9 Å². The van der Waals surface area contributed by atoms with Crippen LogP contribution in [0.15, 0.2) is 24.3 Å². The molecule has 0 aliphatic carbocycles. The number of nitrogens with zero attached hydrogens (tertiary/aromatic N) is 3. The second-order valence-corrected chi connectivity index (χ2v) is 4.95. The molecule has 3 rings (SSSR count). The van der Waals surface area contributed by atoms with Crippen LogP contribution in [-0.2, 0) is 24.8 Å². The highest BCUT2D eigenvalue weighted by molar-refractivity contribution is 6.01. The number of anilines is 2. The number of carbonyl (C=O) groups excluding carboxylic acids is 1. The van der Waals surface area contributed by atoms with Crippen LogP contribution in [0.3, 0.4) is 0 Å². The van der Waals surface area contributed by atoms with E-state index in [1.54, 1.807) is 4.90 Å². The summed E-state index contributed by atoms with van der Waals surface area (Å²) in [5.41, 5.74) is 10.4. The molecule has 1 aliphatic rings. The van der Waals surface area contributed by atoms with Gasteiger partial charge >= 0.3 is 0 Å². The van der Waals surface area contributed by atoms with Crippen LogP contribution in [0.5, 0.6) is 0 Å². The SMILES string of the molecule is Cc1cc(CN2C(=O)Cc3cc(N)ccc32)n(C)n1. The van der Waals surface area contributed by atoms with Crippen LogP contribution in [0.4, 0.5) is 11.4 Å². The fourth-order valence-electron chi connectivity index (χ4n) is 2.55. The van der Waals surface area contributed by atoms with Crippen molar-refractivity contribution in [2.45, 2.75) is 19.9 Å². The molecule has 0 unspecified atom stereocenters. The molecule has 1 amide bonds. The summed E-state index contributed by atoms with van der Waals surface area (Å²) in [4.78, 5) is 13.9. The fourth-order valence-corrected chi connectivity index (χ4v) is 2.55. The highest BCUT2D eigenvalue weighted by Gasteiger charge is 2.27. The summed E-state index contributed by atoms with van der Waals surface area (Å²) >= 11 is 0. The predicted octanol–water partition coefficient (Wildman–Crippen LogP) is 1.40. The molecule has 0 saturated heterocycles. The van der Waals surface area contributed by atoms with Crippen molar-refractivity contribution in [3.63, 3.8) is 0 Å². The predicted molar refractivity (Wildman–Crippen MR) is 73.7 cm³/mol. The summed E-state index contributed by atoms with van der Waals surface area (Å²) in [7, 11) is 1.90. The van der Waals surface area contributed by atoms with Gasteiger partial charge in [0.25, 0.3) is 0 Å². The van der Waals surface area contributed by atoms with Crippen LogP contribution in [0.25, 0.3) is 0 Å². The van der Waals surface area contributed by atoms with Gasteiger partial charge in [0.15, 0.2) is 0 Å². The van der Waals surface area contributed by atoms with Crippen LogP contribution in [0, 0.1) is 6.92 Å². The molecule has 0 radical (unpaired) electrons. The van der Waals surface area contributed by atoms with Gasteiger partial charge in [-0.3, -0.25) is 9.48 Å². The lowest BCUT2D eigenvalue weighted by molar-refractivity contribution is -0.117. The summed E-state index contributed by atoms with van der Waals surface area (Å²) in [5, 5.41) is 4.31. The molecule has 2 N–H and O–H groups in total. The van der Waals surface area contributed by atoms with Crippen molar-refractivity contribution in [1.29, 1.82) is 0 Å².